The molecule has 9 aromatic rings. The average Bonchev–Trinajstić information content (AvgIpc) is 3.75. The average molecular weight is 591 g/mol. The summed E-state index contributed by atoms with van der Waals surface area (Å²) >= 11 is 0. The van der Waals surface area contributed by atoms with Crippen molar-refractivity contribution in [1.82, 2.24) is 19.1 Å². The Morgan fingerprint density at radius 1 is 0.478 bits per heavy atom. The summed E-state index contributed by atoms with van der Waals surface area (Å²) in [5, 5.41) is 4.70. The van der Waals surface area contributed by atoms with Crippen LogP contribution in [0.4, 0.5) is 0 Å². The van der Waals surface area contributed by atoms with Gasteiger partial charge in [0.05, 0.1) is 27.8 Å². The van der Waals surface area contributed by atoms with Gasteiger partial charge in [0.1, 0.15) is 23.1 Å². The lowest BCUT2D eigenvalue weighted by atomic mass is 10.1. The third-order valence-electron chi connectivity index (χ3n) is 9.26. The number of nitrogens with zero attached hydrogens (tertiary/aromatic N) is 4. The van der Waals surface area contributed by atoms with Crippen LogP contribution >= 0.6 is 0 Å². The first-order chi connectivity index (χ1) is 22.8. The van der Waals surface area contributed by atoms with Crippen molar-refractivity contribution in [2.24, 2.45) is 0 Å². The summed E-state index contributed by atoms with van der Waals surface area (Å²) in [6.45, 7) is 0. The van der Waals surface area contributed by atoms with Gasteiger partial charge in [-0.2, -0.15) is 0 Å². The maximum absolute atomic E-state index is 6.62. The van der Waals surface area contributed by atoms with E-state index in [0.717, 1.165) is 62.7 Å². The predicted octanol–water partition coefficient (Wildman–Crippen LogP) is 10.0. The van der Waals surface area contributed by atoms with Gasteiger partial charge in [-0.1, -0.05) is 66.7 Å². The molecule has 4 aromatic heterocycles. The van der Waals surface area contributed by atoms with Crippen molar-refractivity contribution in [3.8, 4) is 34.3 Å². The normalized spacial score (nSPS) is 12.3. The number of ether oxygens (including phenoxy) is 1. The molecular weight excluding hydrogens is 564 g/mol. The topological polar surface area (TPSA) is 44.9 Å². The van der Waals surface area contributed by atoms with Crippen LogP contribution in [0, 0.1) is 0 Å². The lowest BCUT2D eigenvalue weighted by molar-refractivity contribution is 0.484. The Balaban J connectivity index is 1.11. The molecule has 0 radical (unpaired) electrons. The molecule has 5 nitrogen and oxygen atoms in total. The summed E-state index contributed by atoms with van der Waals surface area (Å²) in [4.78, 5) is 9.91. The van der Waals surface area contributed by atoms with Gasteiger partial charge in [-0.05, 0) is 71.8 Å². The summed E-state index contributed by atoms with van der Waals surface area (Å²) in [7, 11) is 0. The van der Waals surface area contributed by atoms with Gasteiger partial charge in [0, 0.05) is 51.9 Å². The summed E-state index contributed by atoms with van der Waals surface area (Å²) in [6.07, 6.45) is 2.68. The highest BCUT2D eigenvalue weighted by atomic mass is 16.5. The Morgan fingerprint density at radius 2 is 1.09 bits per heavy atom. The van der Waals surface area contributed by atoms with E-state index in [-0.39, 0.29) is 0 Å². The molecule has 10 rings (SSSR count). The van der Waals surface area contributed by atoms with Crippen LogP contribution in [0.1, 0.15) is 11.3 Å². The van der Waals surface area contributed by atoms with Gasteiger partial charge in [-0.15, -0.1) is 0 Å². The molecule has 0 bridgehead atoms. The monoisotopic (exact) mass is 590 g/mol. The molecular formula is C41H26N4O. The zero-order valence-electron chi connectivity index (χ0n) is 24.8. The number of para-hydroxylation sites is 2. The molecule has 0 saturated heterocycles. The van der Waals surface area contributed by atoms with Crippen molar-refractivity contribution in [2.45, 2.75) is 6.42 Å². The standard InChI is InChI=1S/C41H26N4O/c1-2-10-29-26(9-1)23-35-30(29)20-21-41(43-35)45-37-14-6-4-12-32(37)34-19-17-28(25-39(34)45)46-27-16-18-33-31-11-3-5-13-36(31)44(38(33)24-27)40-15-7-8-22-42-40/h1-22,24-25H,23H2. The highest BCUT2D eigenvalue weighted by Gasteiger charge is 2.21. The van der Waals surface area contributed by atoms with Gasteiger partial charge in [0.15, 0.2) is 0 Å². The Morgan fingerprint density at radius 3 is 1.78 bits per heavy atom. The SMILES string of the molecule is c1ccc(-n2c3ccccc3c3ccc(Oc4ccc5c6ccccc6n(-c6ccc7c(n6)Cc6ccccc6-7)c5c4)cc32)nc1. The largest absolute Gasteiger partial charge is 0.457 e. The summed E-state index contributed by atoms with van der Waals surface area (Å²) in [5.41, 5.74) is 9.31. The first-order valence-corrected chi connectivity index (χ1v) is 15.5. The minimum Gasteiger partial charge on any atom is -0.457 e. The van der Waals surface area contributed by atoms with Gasteiger partial charge < -0.3 is 4.74 Å². The minimum atomic E-state index is 0.767. The fraction of sp³-hybridized carbons (Fsp3) is 0.0244. The maximum atomic E-state index is 6.62. The van der Waals surface area contributed by atoms with Gasteiger partial charge >= 0.3 is 0 Å². The van der Waals surface area contributed by atoms with Crippen LogP contribution < -0.4 is 4.74 Å². The third kappa shape index (κ3) is 3.69. The van der Waals surface area contributed by atoms with Gasteiger partial charge in [0.25, 0.3) is 0 Å². The zero-order valence-corrected chi connectivity index (χ0v) is 24.8. The lowest BCUT2D eigenvalue weighted by Crippen LogP contribution is -2.00. The molecule has 46 heavy (non-hydrogen) atoms. The second-order valence-electron chi connectivity index (χ2n) is 11.9. The number of pyridine rings is 2. The molecule has 0 aliphatic heterocycles. The Bertz CT molecular complexity index is 2650. The molecule has 0 saturated carbocycles. The van der Waals surface area contributed by atoms with E-state index in [1.54, 1.807) is 0 Å². The van der Waals surface area contributed by atoms with Gasteiger partial charge in [-0.25, -0.2) is 9.97 Å². The number of fused-ring (bicyclic) bond motifs is 9. The van der Waals surface area contributed by atoms with Gasteiger partial charge in [-0.3, -0.25) is 9.13 Å². The first-order valence-electron chi connectivity index (χ1n) is 15.5. The number of rotatable bonds is 4. The van der Waals surface area contributed by atoms with Crippen LogP contribution in [0.5, 0.6) is 11.5 Å². The Kier molecular flexibility index (Phi) is 5.28. The molecule has 0 spiro atoms. The maximum Gasteiger partial charge on any atom is 0.137 e. The molecule has 0 fully saturated rings. The van der Waals surface area contributed by atoms with Crippen LogP contribution in [0.15, 0.2) is 146 Å². The molecule has 5 heteroatoms. The summed E-state index contributed by atoms with van der Waals surface area (Å²) < 4.78 is 11.1. The quantitative estimate of drug-likeness (QED) is 0.205. The van der Waals surface area contributed by atoms with E-state index >= 15 is 0 Å². The van der Waals surface area contributed by atoms with Crippen LogP contribution in [0.2, 0.25) is 0 Å². The molecule has 0 N–H and O–H groups in total. The van der Waals surface area contributed by atoms with Crippen LogP contribution in [-0.4, -0.2) is 19.1 Å². The van der Waals surface area contributed by atoms with Crippen LogP contribution in [0.3, 0.4) is 0 Å². The van der Waals surface area contributed by atoms with Crippen molar-refractivity contribution in [2.75, 3.05) is 0 Å². The zero-order chi connectivity index (χ0) is 30.2. The van der Waals surface area contributed by atoms with Crippen LogP contribution in [-0.2, 0) is 6.42 Å². The third-order valence-corrected chi connectivity index (χ3v) is 9.26. The van der Waals surface area contributed by atoms with E-state index in [0.29, 0.717) is 0 Å². The van der Waals surface area contributed by atoms with Crippen molar-refractivity contribution in [1.29, 1.82) is 0 Å². The fourth-order valence-corrected chi connectivity index (χ4v) is 7.26. The smallest absolute Gasteiger partial charge is 0.137 e. The van der Waals surface area contributed by atoms with E-state index < -0.39 is 0 Å². The predicted molar refractivity (Wildman–Crippen MR) is 185 cm³/mol. The summed E-state index contributed by atoms with van der Waals surface area (Å²) in [6, 6.07) is 48.6. The van der Waals surface area contributed by atoms with E-state index in [9.17, 15) is 0 Å². The number of hydrogen-bond donors (Lipinski definition) is 0. The molecule has 216 valence electrons. The van der Waals surface area contributed by atoms with E-state index in [2.05, 4.69) is 135 Å². The van der Waals surface area contributed by atoms with E-state index in [4.69, 9.17) is 9.72 Å². The fourth-order valence-electron chi connectivity index (χ4n) is 7.26. The molecule has 0 atom stereocenters. The molecule has 1 aliphatic rings. The number of benzene rings is 5. The van der Waals surface area contributed by atoms with Crippen molar-refractivity contribution in [3.63, 3.8) is 0 Å². The van der Waals surface area contributed by atoms with Gasteiger partial charge in [0.2, 0.25) is 0 Å². The minimum absolute atomic E-state index is 0.767. The molecule has 1 aliphatic carbocycles. The summed E-state index contributed by atoms with van der Waals surface area (Å²) in [5.74, 6) is 3.32. The Hall–Kier alpha value is -6.20. The second kappa shape index (κ2) is 9.65. The second-order valence-corrected chi connectivity index (χ2v) is 11.9. The highest BCUT2D eigenvalue weighted by molar-refractivity contribution is 6.10. The van der Waals surface area contributed by atoms with E-state index in [1.807, 2.05) is 24.4 Å². The number of hydrogen-bond acceptors (Lipinski definition) is 3. The molecule has 0 amide bonds. The first kappa shape index (κ1) is 25.2. The molecule has 4 heterocycles. The Labute approximate surface area is 264 Å². The molecule has 5 aromatic carbocycles. The number of aromatic nitrogens is 4. The van der Waals surface area contributed by atoms with Crippen molar-refractivity contribution >= 4 is 43.6 Å². The van der Waals surface area contributed by atoms with E-state index in [1.165, 1.54) is 32.8 Å². The highest BCUT2D eigenvalue weighted by Crippen LogP contribution is 2.40. The van der Waals surface area contributed by atoms with Crippen molar-refractivity contribution in [3.05, 3.63) is 157 Å². The van der Waals surface area contributed by atoms with Crippen LogP contribution in [0.25, 0.3) is 66.4 Å². The molecule has 0 unspecified atom stereocenters. The van der Waals surface area contributed by atoms with Crippen molar-refractivity contribution < 1.29 is 4.74 Å². The lowest BCUT2D eigenvalue weighted by Gasteiger charge is -2.11.